The molecule has 0 radical (unpaired) electrons. The van der Waals surface area contributed by atoms with Crippen LogP contribution in [0.5, 0.6) is 0 Å². The summed E-state index contributed by atoms with van der Waals surface area (Å²) in [7, 11) is 3.74. The maximum Gasteiger partial charge on any atom is 0.256 e. The van der Waals surface area contributed by atoms with Gasteiger partial charge in [0.1, 0.15) is 0 Å². The number of likely N-dealkylation sites (N-methyl/N-ethyl adjacent to an activating group) is 1. The van der Waals surface area contributed by atoms with Crippen LogP contribution in [-0.4, -0.2) is 29.3 Å². The first kappa shape index (κ1) is 14.3. The fraction of sp³-hybridized carbons (Fsp3) is 0.333. The summed E-state index contributed by atoms with van der Waals surface area (Å²) in [5, 5.41) is 10.2. The summed E-state index contributed by atoms with van der Waals surface area (Å²) in [4.78, 5) is 12.4. The van der Waals surface area contributed by atoms with Gasteiger partial charge in [-0.25, -0.2) is 0 Å². The van der Waals surface area contributed by atoms with Crippen molar-refractivity contribution in [1.82, 2.24) is 15.1 Å². The Kier molecular flexibility index (Phi) is 4.53. The molecule has 0 saturated heterocycles. The van der Waals surface area contributed by atoms with Gasteiger partial charge in [0.25, 0.3) is 5.91 Å². The van der Waals surface area contributed by atoms with Gasteiger partial charge in [-0.15, -0.1) is 0 Å². The smallest absolute Gasteiger partial charge is 0.256 e. The molecular formula is C15H20N4O. The van der Waals surface area contributed by atoms with E-state index in [2.05, 4.69) is 15.7 Å². The van der Waals surface area contributed by atoms with Crippen molar-refractivity contribution in [3.63, 3.8) is 0 Å². The number of rotatable bonds is 5. The summed E-state index contributed by atoms with van der Waals surface area (Å²) < 4.78 is 1.69. The number of anilines is 1. The van der Waals surface area contributed by atoms with E-state index in [1.54, 1.807) is 4.68 Å². The highest BCUT2D eigenvalue weighted by Crippen LogP contribution is 2.15. The number of carbonyl (C=O) groups is 1. The lowest BCUT2D eigenvalue weighted by Crippen LogP contribution is -2.17. The highest BCUT2D eigenvalue weighted by molar-refractivity contribution is 6.05. The summed E-state index contributed by atoms with van der Waals surface area (Å²) in [6, 6.07) is 7.68. The average Bonchev–Trinajstić information content (AvgIpc) is 2.75. The predicted molar refractivity (Wildman–Crippen MR) is 80.0 cm³/mol. The second-order valence-electron chi connectivity index (χ2n) is 4.77. The first-order chi connectivity index (χ1) is 9.61. The number of hydrogen-bond acceptors (Lipinski definition) is 3. The summed E-state index contributed by atoms with van der Waals surface area (Å²) in [5.41, 5.74) is 3.32. The molecule has 20 heavy (non-hydrogen) atoms. The number of amides is 1. The highest BCUT2D eigenvalue weighted by Gasteiger charge is 2.13. The molecule has 0 saturated carbocycles. The summed E-state index contributed by atoms with van der Waals surface area (Å²) in [6.07, 6.45) is 2.63. The molecular weight excluding hydrogens is 252 g/mol. The predicted octanol–water partition coefficient (Wildman–Crippen LogP) is 1.74. The van der Waals surface area contributed by atoms with E-state index in [0.717, 1.165) is 29.9 Å². The van der Waals surface area contributed by atoms with E-state index in [4.69, 9.17) is 0 Å². The molecule has 1 amide bonds. The van der Waals surface area contributed by atoms with Gasteiger partial charge in [0.05, 0.1) is 11.4 Å². The molecule has 0 spiro atoms. The van der Waals surface area contributed by atoms with Crippen LogP contribution >= 0.6 is 0 Å². The van der Waals surface area contributed by atoms with E-state index in [-0.39, 0.29) is 5.91 Å². The van der Waals surface area contributed by atoms with Gasteiger partial charge in [-0.1, -0.05) is 18.2 Å². The van der Waals surface area contributed by atoms with Gasteiger partial charge >= 0.3 is 0 Å². The number of aromatic nitrogens is 2. The van der Waals surface area contributed by atoms with Crippen molar-refractivity contribution in [2.45, 2.75) is 13.3 Å². The zero-order chi connectivity index (χ0) is 14.5. The first-order valence-electron chi connectivity index (χ1n) is 6.66. The standard InChI is InChI=1S/C15H20N4O/c1-11-14(10-19(3)18-11)17-15(20)13-7-5-4-6-12(13)8-9-16-2/h4-7,10,16H,8-9H2,1-3H3,(H,17,20). The Morgan fingerprint density at radius 1 is 1.35 bits per heavy atom. The van der Waals surface area contributed by atoms with Crippen molar-refractivity contribution in [2.75, 3.05) is 18.9 Å². The molecule has 2 aromatic rings. The van der Waals surface area contributed by atoms with Gasteiger partial charge in [-0.2, -0.15) is 5.10 Å². The third-order valence-electron chi connectivity index (χ3n) is 3.17. The van der Waals surface area contributed by atoms with Crippen molar-refractivity contribution in [1.29, 1.82) is 0 Å². The number of nitrogens with one attached hydrogen (secondary N) is 2. The Morgan fingerprint density at radius 3 is 2.75 bits per heavy atom. The topological polar surface area (TPSA) is 59.0 Å². The molecule has 106 valence electrons. The highest BCUT2D eigenvalue weighted by atomic mass is 16.1. The SMILES string of the molecule is CNCCc1ccccc1C(=O)Nc1cn(C)nc1C. The van der Waals surface area contributed by atoms with E-state index >= 15 is 0 Å². The first-order valence-corrected chi connectivity index (χ1v) is 6.66. The largest absolute Gasteiger partial charge is 0.319 e. The minimum atomic E-state index is -0.0900. The van der Waals surface area contributed by atoms with Crippen LogP contribution in [0.25, 0.3) is 0 Å². The zero-order valence-electron chi connectivity index (χ0n) is 12.1. The summed E-state index contributed by atoms with van der Waals surface area (Å²) >= 11 is 0. The Bertz CT molecular complexity index is 604. The van der Waals surface area contributed by atoms with Gasteiger partial charge < -0.3 is 10.6 Å². The quantitative estimate of drug-likeness (QED) is 0.871. The van der Waals surface area contributed by atoms with Crippen LogP contribution in [0.4, 0.5) is 5.69 Å². The lowest BCUT2D eigenvalue weighted by molar-refractivity contribution is 0.102. The molecule has 0 unspecified atom stereocenters. The van der Waals surface area contributed by atoms with Crippen molar-refractivity contribution >= 4 is 11.6 Å². The molecule has 1 heterocycles. The van der Waals surface area contributed by atoms with E-state index in [0.29, 0.717) is 5.56 Å². The molecule has 1 aromatic heterocycles. The van der Waals surface area contributed by atoms with E-state index in [1.165, 1.54) is 0 Å². The van der Waals surface area contributed by atoms with Gasteiger partial charge in [0.2, 0.25) is 0 Å². The molecule has 1 aromatic carbocycles. The molecule has 2 N–H and O–H groups in total. The zero-order valence-corrected chi connectivity index (χ0v) is 12.1. The van der Waals surface area contributed by atoms with Gasteiger partial charge in [-0.3, -0.25) is 9.48 Å². The number of carbonyl (C=O) groups excluding carboxylic acids is 1. The minimum absolute atomic E-state index is 0.0900. The van der Waals surface area contributed by atoms with Crippen LogP contribution in [0.2, 0.25) is 0 Å². The number of hydrogen-bond donors (Lipinski definition) is 2. The van der Waals surface area contributed by atoms with Crippen molar-refractivity contribution in [3.05, 3.63) is 47.3 Å². The van der Waals surface area contributed by atoms with Gasteiger partial charge in [0, 0.05) is 18.8 Å². The summed E-state index contributed by atoms with van der Waals surface area (Å²) in [6.45, 7) is 2.72. The van der Waals surface area contributed by atoms with Crippen LogP contribution < -0.4 is 10.6 Å². The normalized spacial score (nSPS) is 10.6. The van der Waals surface area contributed by atoms with Crippen LogP contribution in [0.3, 0.4) is 0 Å². The minimum Gasteiger partial charge on any atom is -0.319 e. The average molecular weight is 272 g/mol. The molecule has 0 bridgehead atoms. The van der Waals surface area contributed by atoms with E-state index in [9.17, 15) is 4.79 Å². The second kappa shape index (κ2) is 6.34. The van der Waals surface area contributed by atoms with E-state index < -0.39 is 0 Å². The number of benzene rings is 1. The van der Waals surface area contributed by atoms with Crippen molar-refractivity contribution < 1.29 is 4.79 Å². The van der Waals surface area contributed by atoms with Crippen LogP contribution in [0, 0.1) is 6.92 Å². The Labute approximate surface area is 119 Å². The number of aryl methyl sites for hydroxylation is 2. The second-order valence-corrected chi connectivity index (χ2v) is 4.77. The molecule has 0 fully saturated rings. The van der Waals surface area contributed by atoms with Gasteiger partial charge in [-0.05, 0) is 38.6 Å². The molecule has 0 atom stereocenters. The van der Waals surface area contributed by atoms with Crippen LogP contribution in [-0.2, 0) is 13.5 Å². The molecule has 0 aliphatic heterocycles. The van der Waals surface area contributed by atoms with Crippen LogP contribution in [0.1, 0.15) is 21.6 Å². The van der Waals surface area contributed by atoms with Gasteiger partial charge in [0.15, 0.2) is 0 Å². The third-order valence-corrected chi connectivity index (χ3v) is 3.17. The lowest BCUT2D eigenvalue weighted by atomic mass is 10.0. The Morgan fingerprint density at radius 2 is 2.10 bits per heavy atom. The molecule has 5 heteroatoms. The van der Waals surface area contributed by atoms with Crippen molar-refractivity contribution in [3.8, 4) is 0 Å². The Hall–Kier alpha value is -2.14. The molecule has 0 aliphatic carbocycles. The fourth-order valence-corrected chi connectivity index (χ4v) is 2.13. The summed E-state index contributed by atoms with van der Waals surface area (Å²) in [5.74, 6) is -0.0900. The molecule has 0 aliphatic rings. The van der Waals surface area contributed by atoms with E-state index in [1.807, 2.05) is 51.5 Å². The maximum absolute atomic E-state index is 12.4. The Balaban J connectivity index is 2.18. The van der Waals surface area contributed by atoms with Crippen LogP contribution in [0.15, 0.2) is 30.5 Å². The third kappa shape index (κ3) is 3.24. The monoisotopic (exact) mass is 272 g/mol. The molecule has 5 nitrogen and oxygen atoms in total. The van der Waals surface area contributed by atoms with Crippen molar-refractivity contribution in [2.24, 2.45) is 7.05 Å². The molecule has 2 rings (SSSR count). The maximum atomic E-state index is 12.4. The fourth-order valence-electron chi connectivity index (χ4n) is 2.13. The lowest BCUT2D eigenvalue weighted by Gasteiger charge is -2.09. The number of nitrogens with zero attached hydrogens (tertiary/aromatic N) is 2.